The molecule has 0 aliphatic rings. The zero-order valence-electron chi connectivity index (χ0n) is 12.1. The molecule has 21 heavy (non-hydrogen) atoms. The van der Waals surface area contributed by atoms with Gasteiger partial charge in [0.25, 0.3) is 0 Å². The molecule has 0 spiro atoms. The van der Waals surface area contributed by atoms with Gasteiger partial charge in [-0.2, -0.15) is 0 Å². The first-order chi connectivity index (χ1) is 10.1. The third kappa shape index (κ3) is 4.44. The second kappa shape index (κ2) is 7.42. The van der Waals surface area contributed by atoms with Gasteiger partial charge in [0.15, 0.2) is 4.34 Å². The number of thioether (sulfide) groups is 1. The van der Waals surface area contributed by atoms with Gasteiger partial charge in [-0.25, -0.2) is 0 Å². The van der Waals surface area contributed by atoms with E-state index < -0.39 is 0 Å². The van der Waals surface area contributed by atoms with Gasteiger partial charge in [-0.3, -0.25) is 4.79 Å². The lowest BCUT2D eigenvalue weighted by Crippen LogP contribution is -2.24. The summed E-state index contributed by atoms with van der Waals surface area (Å²) in [4.78, 5) is 12.3. The van der Waals surface area contributed by atoms with Crippen LogP contribution in [0.5, 0.6) is 5.75 Å². The first-order valence-corrected chi connectivity index (χ1v) is 8.23. The van der Waals surface area contributed by atoms with Crippen LogP contribution in [-0.4, -0.2) is 28.5 Å². The highest BCUT2D eigenvalue weighted by molar-refractivity contribution is 8.02. The van der Waals surface area contributed by atoms with Gasteiger partial charge < -0.3 is 10.1 Å². The predicted molar refractivity (Wildman–Crippen MR) is 86.2 cm³/mol. The van der Waals surface area contributed by atoms with Crippen molar-refractivity contribution in [2.75, 3.05) is 12.4 Å². The van der Waals surface area contributed by atoms with Crippen LogP contribution < -0.4 is 10.1 Å². The van der Waals surface area contributed by atoms with Crippen LogP contribution in [0.3, 0.4) is 0 Å². The van der Waals surface area contributed by atoms with Crippen LogP contribution in [-0.2, 0) is 4.79 Å². The van der Waals surface area contributed by atoms with E-state index in [9.17, 15) is 4.79 Å². The van der Waals surface area contributed by atoms with Gasteiger partial charge in [-0.1, -0.05) is 36.1 Å². The number of nitrogens with zero attached hydrogens (tertiary/aromatic N) is 2. The average Bonchev–Trinajstić information content (AvgIpc) is 2.90. The number of rotatable bonds is 6. The van der Waals surface area contributed by atoms with E-state index in [0.29, 0.717) is 5.75 Å². The Morgan fingerprint density at radius 1 is 1.48 bits per heavy atom. The number of methoxy groups -OCH3 is 1. The Balaban J connectivity index is 2.02. The average molecular weight is 323 g/mol. The van der Waals surface area contributed by atoms with Crippen molar-refractivity contribution in [1.29, 1.82) is 0 Å². The third-order valence-corrected chi connectivity index (χ3v) is 5.04. The van der Waals surface area contributed by atoms with Gasteiger partial charge in [0.1, 0.15) is 10.8 Å². The molecular weight excluding hydrogens is 306 g/mol. The molecule has 0 radical (unpaired) electrons. The number of anilines is 1. The number of carbonyl (C=O) groups excluding carboxylic acids is 1. The minimum atomic E-state index is -0.191. The van der Waals surface area contributed by atoms with Crippen LogP contribution >= 0.6 is 23.1 Å². The molecule has 2 aromatic rings. The number of carbonyl (C=O) groups is 1. The fourth-order valence-corrected chi connectivity index (χ4v) is 3.68. The molecule has 1 heterocycles. The fourth-order valence-electron chi connectivity index (χ4n) is 1.69. The molecule has 1 aromatic carbocycles. The van der Waals surface area contributed by atoms with Gasteiger partial charge in [0.05, 0.1) is 12.4 Å². The van der Waals surface area contributed by atoms with E-state index in [1.54, 1.807) is 13.2 Å². The lowest BCUT2D eigenvalue weighted by Gasteiger charge is -2.13. The SMILES string of the molecule is CCC(Sc1nnc(C)s1)C(=O)Nc1cccc(OC)c1. The van der Waals surface area contributed by atoms with Gasteiger partial charge in [0, 0.05) is 11.8 Å². The number of hydrogen-bond donors (Lipinski definition) is 1. The molecule has 5 nitrogen and oxygen atoms in total. The number of amides is 1. The van der Waals surface area contributed by atoms with Crippen LogP contribution in [0.4, 0.5) is 5.69 Å². The third-order valence-electron chi connectivity index (χ3n) is 2.75. The minimum Gasteiger partial charge on any atom is -0.497 e. The summed E-state index contributed by atoms with van der Waals surface area (Å²) in [5.41, 5.74) is 0.729. The van der Waals surface area contributed by atoms with Crippen molar-refractivity contribution in [3.63, 3.8) is 0 Å². The van der Waals surface area contributed by atoms with Crippen molar-refractivity contribution in [3.8, 4) is 5.75 Å². The van der Waals surface area contributed by atoms with Crippen molar-refractivity contribution in [3.05, 3.63) is 29.3 Å². The molecular formula is C14H17N3O2S2. The lowest BCUT2D eigenvalue weighted by atomic mass is 10.2. The first-order valence-electron chi connectivity index (χ1n) is 6.54. The molecule has 0 bridgehead atoms. The highest BCUT2D eigenvalue weighted by atomic mass is 32.2. The molecule has 1 amide bonds. The zero-order valence-corrected chi connectivity index (χ0v) is 13.8. The van der Waals surface area contributed by atoms with E-state index >= 15 is 0 Å². The van der Waals surface area contributed by atoms with E-state index in [1.807, 2.05) is 32.0 Å². The number of aromatic nitrogens is 2. The van der Waals surface area contributed by atoms with Crippen molar-refractivity contribution in [2.45, 2.75) is 29.9 Å². The molecule has 1 unspecified atom stereocenters. The van der Waals surface area contributed by atoms with Gasteiger partial charge in [0.2, 0.25) is 5.91 Å². The first kappa shape index (κ1) is 15.8. The summed E-state index contributed by atoms with van der Waals surface area (Å²) in [5, 5.41) is 11.6. The fraction of sp³-hybridized carbons (Fsp3) is 0.357. The lowest BCUT2D eigenvalue weighted by molar-refractivity contribution is -0.115. The van der Waals surface area contributed by atoms with Crippen molar-refractivity contribution in [2.24, 2.45) is 0 Å². The summed E-state index contributed by atoms with van der Waals surface area (Å²) in [6.07, 6.45) is 0.721. The molecule has 7 heteroatoms. The monoisotopic (exact) mass is 323 g/mol. The van der Waals surface area contributed by atoms with Gasteiger partial charge >= 0.3 is 0 Å². The standard InChI is InChI=1S/C14H17N3O2S2/c1-4-12(21-14-17-16-9(2)20-14)13(18)15-10-6-5-7-11(8-10)19-3/h5-8,12H,4H2,1-3H3,(H,15,18). The quantitative estimate of drug-likeness (QED) is 0.826. The maximum atomic E-state index is 12.3. The van der Waals surface area contributed by atoms with E-state index in [0.717, 1.165) is 21.5 Å². The normalized spacial score (nSPS) is 12.0. The molecule has 2 rings (SSSR count). The smallest absolute Gasteiger partial charge is 0.237 e. The highest BCUT2D eigenvalue weighted by Gasteiger charge is 2.20. The summed E-state index contributed by atoms with van der Waals surface area (Å²) in [6, 6.07) is 7.32. The van der Waals surface area contributed by atoms with Crippen molar-refractivity contribution < 1.29 is 9.53 Å². The maximum absolute atomic E-state index is 12.3. The molecule has 0 fully saturated rings. The molecule has 0 saturated heterocycles. The Morgan fingerprint density at radius 2 is 2.29 bits per heavy atom. The van der Waals surface area contributed by atoms with E-state index in [4.69, 9.17) is 4.74 Å². The molecule has 0 aliphatic carbocycles. The number of hydrogen-bond acceptors (Lipinski definition) is 6. The van der Waals surface area contributed by atoms with Crippen molar-refractivity contribution >= 4 is 34.7 Å². The second-order valence-corrected chi connectivity index (χ2v) is 6.95. The number of benzene rings is 1. The summed E-state index contributed by atoms with van der Waals surface area (Å²) in [5.74, 6) is 0.678. The molecule has 1 atom stereocenters. The Kier molecular flexibility index (Phi) is 5.58. The van der Waals surface area contributed by atoms with Crippen LogP contribution in [0.25, 0.3) is 0 Å². The predicted octanol–water partition coefficient (Wildman–Crippen LogP) is 3.36. The Morgan fingerprint density at radius 3 is 2.90 bits per heavy atom. The van der Waals surface area contributed by atoms with E-state index in [2.05, 4.69) is 15.5 Å². The topological polar surface area (TPSA) is 64.1 Å². The molecule has 1 aromatic heterocycles. The Labute approximate surface area is 132 Å². The molecule has 0 aliphatic heterocycles. The van der Waals surface area contributed by atoms with Crippen LogP contribution in [0, 0.1) is 6.92 Å². The number of aryl methyl sites for hydroxylation is 1. The molecule has 1 N–H and O–H groups in total. The largest absolute Gasteiger partial charge is 0.497 e. The number of ether oxygens (including phenoxy) is 1. The number of nitrogens with one attached hydrogen (secondary N) is 1. The maximum Gasteiger partial charge on any atom is 0.237 e. The minimum absolute atomic E-state index is 0.0383. The summed E-state index contributed by atoms with van der Waals surface area (Å²) in [7, 11) is 1.60. The molecule has 0 saturated carbocycles. The van der Waals surface area contributed by atoms with E-state index in [1.165, 1.54) is 23.1 Å². The van der Waals surface area contributed by atoms with Gasteiger partial charge in [-0.05, 0) is 25.5 Å². The Bertz CT molecular complexity index is 616. The van der Waals surface area contributed by atoms with Crippen LogP contribution in [0.15, 0.2) is 28.6 Å². The van der Waals surface area contributed by atoms with Gasteiger partial charge in [-0.15, -0.1) is 10.2 Å². The van der Waals surface area contributed by atoms with Crippen LogP contribution in [0.1, 0.15) is 18.4 Å². The summed E-state index contributed by atoms with van der Waals surface area (Å²) >= 11 is 2.95. The zero-order chi connectivity index (χ0) is 15.2. The second-order valence-electron chi connectivity index (χ2n) is 4.32. The highest BCUT2D eigenvalue weighted by Crippen LogP contribution is 2.29. The van der Waals surface area contributed by atoms with Crippen LogP contribution in [0.2, 0.25) is 0 Å². The summed E-state index contributed by atoms with van der Waals surface area (Å²) in [6.45, 7) is 3.88. The molecule has 112 valence electrons. The van der Waals surface area contributed by atoms with Crippen molar-refractivity contribution in [1.82, 2.24) is 10.2 Å². The van der Waals surface area contributed by atoms with E-state index in [-0.39, 0.29) is 11.2 Å². The summed E-state index contributed by atoms with van der Waals surface area (Å²) < 4.78 is 5.97. The Hall–Kier alpha value is -1.60.